The van der Waals surface area contributed by atoms with Crippen LogP contribution in [0.3, 0.4) is 0 Å². The highest BCUT2D eigenvalue weighted by atomic mass is 32.1. The monoisotopic (exact) mass is 395 g/mol. The van der Waals surface area contributed by atoms with Crippen molar-refractivity contribution in [2.24, 2.45) is 5.41 Å². The summed E-state index contributed by atoms with van der Waals surface area (Å²) in [5.74, 6) is -0.173. The van der Waals surface area contributed by atoms with Gasteiger partial charge in [-0.1, -0.05) is 45.0 Å². The second kappa shape index (κ2) is 8.52. The number of hydrogen-bond donors (Lipinski definition) is 2. The Kier molecular flexibility index (Phi) is 6.09. The first-order valence-corrected chi connectivity index (χ1v) is 10.1. The van der Waals surface area contributed by atoms with Crippen LogP contribution >= 0.6 is 11.3 Å². The first kappa shape index (κ1) is 20.0. The maximum atomic E-state index is 12.0. The second-order valence-corrected chi connectivity index (χ2v) is 8.87. The SMILES string of the molecule is CC(C)(C)C(=O)NCCC(=O)Nc1ccc(Cc2nc3ccccc3s2)cc1. The number of nitrogens with zero attached hydrogens (tertiary/aromatic N) is 1. The molecule has 6 heteroatoms. The number of fused-ring (bicyclic) bond motifs is 1. The molecule has 1 heterocycles. The third-order valence-corrected chi connectivity index (χ3v) is 5.29. The van der Waals surface area contributed by atoms with Crippen molar-refractivity contribution in [3.8, 4) is 0 Å². The Morgan fingerprint density at radius 1 is 1.04 bits per heavy atom. The molecule has 0 aliphatic rings. The molecule has 0 atom stereocenters. The number of amides is 2. The zero-order chi connectivity index (χ0) is 20.1. The van der Waals surface area contributed by atoms with Crippen LogP contribution in [0.15, 0.2) is 48.5 Å². The summed E-state index contributed by atoms with van der Waals surface area (Å²) < 4.78 is 1.19. The molecule has 1 aromatic heterocycles. The fraction of sp³-hybridized carbons (Fsp3) is 0.318. The van der Waals surface area contributed by atoms with Gasteiger partial charge in [0.25, 0.3) is 0 Å². The quantitative estimate of drug-likeness (QED) is 0.651. The fourth-order valence-electron chi connectivity index (χ4n) is 2.65. The molecule has 0 aliphatic heterocycles. The average Bonchev–Trinajstić information content (AvgIpc) is 3.04. The van der Waals surface area contributed by atoms with Gasteiger partial charge in [0.2, 0.25) is 11.8 Å². The molecule has 2 amide bonds. The van der Waals surface area contributed by atoms with Crippen molar-refractivity contribution in [1.29, 1.82) is 0 Å². The van der Waals surface area contributed by atoms with E-state index in [9.17, 15) is 9.59 Å². The van der Waals surface area contributed by atoms with Crippen LogP contribution in [0, 0.1) is 5.41 Å². The summed E-state index contributed by atoms with van der Waals surface area (Å²) >= 11 is 1.70. The van der Waals surface area contributed by atoms with E-state index in [0.29, 0.717) is 6.54 Å². The van der Waals surface area contributed by atoms with Crippen molar-refractivity contribution in [3.05, 3.63) is 59.1 Å². The molecular weight excluding hydrogens is 370 g/mol. The molecule has 0 spiro atoms. The summed E-state index contributed by atoms with van der Waals surface area (Å²) in [7, 11) is 0. The van der Waals surface area contributed by atoms with Crippen molar-refractivity contribution in [2.75, 3.05) is 11.9 Å². The molecule has 0 saturated carbocycles. The van der Waals surface area contributed by atoms with E-state index < -0.39 is 5.41 Å². The summed E-state index contributed by atoms with van der Waals surface area (Å²) in [6.07, 6.45) is 1.02. The smallest absolute Gasteiger partial charge is 0.226 e. The summed E-state index contributed by atoms with van der Waals surface area (Å²) in [5, 5.41) is 6.72. The van der Waals surface area contributed by atoms with Gasteiger partial charge in [0.1, 0.15) is 0 Å². The van der Waals surface area contributed by atoms with Crippen LogP contribution in [-0.4, -0.2) is 23.3 Å². The molecule has 2 aromatic carbocycles. The zero-order valence-corrected chi connectivity index (χ0v) is 17.2. The Labute approximate surface area is 169 Å². The maximum Gasteiger partial charge on any atom is 0.226 e. The number of para-hydroxylation sites is 1. The van der Waals surface area contributed by atoms with Crippen molar-refractivity contribution in [2.45, 2.75) is 33.6 Å². The molecule has 0 radical (unpaired) electrons. The summed E-state index contributed by atoms with van der Waals surface area (Å²) in [6, 6.07) is 15.9. The second-order valence-electron chi connectivity index (χ2n) is 7.75. The van der Waals surface area contributed by atoms with Crippen molar-refractivity contribution in [1.82, 2.24) is 10.3 Å². The molecular formula is C22H25N3O2S. The van der Waals surface area contributed by atoms with E-state index in [1.54, 1.807) is 11.3 Å². The molecule has 3 aromatic rings. The van der Waals surface area contributed by atoms with Crippen LogP contribution < -0.4 is 10.6 Å². The first-order chi connectivity index (χ1) is 13.3. The number of hydrogen-bond acceptors (Lipinski definition) is 4. The van der Waals surface area contributed by atoms with Gasteiger partial charge in [-0.15, -0.1) is 11.3 Å². The van der Waals surface area contributed by atoms with E-state index in [-0.39, 0.29) is 18.2 Å². The van der Waals surface area contributed by atoms with Crippen LogP contribution in [0.25, 0.3) is 10.2 Å². The number of rotatable bonds is 6. The minimum absolute atomic E-state index is 0.0560. The highest BCUT2D eigenvalue weighted by Gasteiger charge is 2.20. The largest absolute Gasteiger partial charge is 0.355 e. The Morgan fingerprint density at radius 2 is 1.75 bits per heavy atom. The van der Waals surface area contributed by atoms with Gasteiger partial charge in [0, 0.05) is 30.5 Å². The summed E-state index contributed by atoms with van der Waals surface area (Å²) in [5.41, 5.74) is 2.48. The molecule has 5 nitrogen and oxygen atoms in total. The van der Waals surface area contributed by atoms with Crippen molar-refractivity contribution >= 4 is 39.1 Å². The number of aromatic nitrogens is 1. The van der Waals surface area contributed by atoms with Crippen molar-refractivity contribution in [3.63, 3.8) is 0 Å². The molecule has 0 aliphatic carbocycles. The number of anilines is 1. The van der Waals surface area contributed by atoms with Crippen LogP contribution in [0.2, 0.25) is 0 Å². The number of nitrogens with one attached hydrogen (secondary N) is 2. The summed E-state index contributed by atoms with van der Waals surface area (Å²) in [4.78, 5) is 28.5. The first-order valence-electron chi connectivity index (χ1n) is 9.33. The van der Waals surface area contributed by atoms with E-state index in [0.717, 1.165) is 28.2 Å². The zero-order valence-electron chi connectivity index (χ0n) is 16.4. The Morgan fingerprint density at radius 3 is 2.43 bits per heavy atom. The number of carbonyl (C=O) groups is 2. The van der Waals surface area contributed by atoms with Crippen LogP contribution in [0.4, 0.5) is 5.69 Å². The minimum atomic E-state index is -0.449. The molecule has 146 valence electrons. The molecule has 0 bridgehead atoms. The summed E-state index contributed by atoms with van der Waals surface area (Å²) in [6.45, 7) is 5.87. The van der Waals surface area contributed by atoms with E-state index >= 15 is 0 Å². The van der Waals surface area contributed by atoms with Gasteiger partial charge < -0.3 is 10.6 Å². The van der Waals surface area contributed by atoms with Gasteiger partial charge >= 0.3 is 0 Å². The van der Waals surface area contributed by atoms with Gasteiger partial charge in [-0.05, 0) is 29.8 Å². The van der Waals surface area contributed by atoms with Gasteiger partial charge in [-0.3, -0.25) is 9.59 Å². The van der Waals surface area contributed by atoms with Gasteiger partial charge in [-0.2, -0.15) is 0 Å². The molecule has 3 rings (SSSR count). The minimum Gasteiger partial charge on any atom is -0.355 e. The third kappa shape index (κ3) is 5.39. The van der Waals surface area contributed by atoms with E-state index in [4.69, 9.17) is 0 Å². The topological polar surface area (TPSA) is 71.1 Å². The van der Waals surface area contributed by atoms with Crippen LogP contribution in [-0.2, 0) is 16.0 Å². The van der Waals surface area contributed by atoms with E-state index in [2.05, 4.69) is 21.7 Å². The Balaban J connectivity index is 1.50. The number of thiazole rings is 1. The highest BCUT2D eigenvalue weighted by Crippen LogP contribution is 2.24. The molecule has 28 heavy (non-hydrogen) atoms. The lowest BCUT2D eigenvalue weighted by atomic mass is 9.96. The molecule has 0 unspecified atom stereocenters. The standard InChI is InChI=1S/C22H25N3O2S/c1-22(2,3)21(27)23-13-12-19(26)24-16-10-8-15(9-11-16)14-20-25-17-6-4-5-7-18(17)28-20/h4-11H,12-14H2,1-3H3,(H,23,27)(H,24,26). The lowest BCUT2D eigenvalue weighted by Crippen LogP contribution is -2.36. The van der Waals surface area contributed by atoms with Gasteiger partial charge in [0.15, 0.2) is 0 Å². The Hall–Kier alpha value is -2.73. The predicted octanol–water partition coefficient (Wildman–Crippen LogP) is 4.38. The van der Waals surface area contributed by atoms with Gasteiger partial charge in [-0.25, -0.2) is 4.98 Å². The molecule has 0 fully saturated rings. The van der Waals surface area contributed by atoms with Gasteiger partial charge in [0.05, 0.1) is 15.2 Å². The maximum absolute atomic E-state index is 12.0. The highest BCUT2D eigenvalue weighted by molar-refractivity contribution is 7.18. The normalized spacial score (nSPS) is 11.4. The number of carbonyl (C=O) groups excluding carboxylic acids is 2. The predicted molar refractivity (Wildman–Crippen MR) is 115 cm³/mol. The van der Waals surface area contributed by atoms with Crippen LogP contribution in [0.5, 0.6) is 0 Å². The lowest BCUT2D eigenvalue weighted by molar-refractivity contribution is -0.128. The Bertz CT molecular complexity index is 938. The third-order valence-electron chi connectivity index (χ3n) is 4.25. The van der Waals surface area contributed by atoms with Crippen molar-refractivity contribution < 1.29 is 9.59 Å². The number of benzene rings is 2. The van der Waals surface area contributed by atoms with Crippen LogP contribution in [0.1, 0.15) is 37.8 Å². The average molecular weight is 396 g/mol. The fourth-order valence-corrected chi connectivity index (χ4v) is 3.66. The lowest BCUT2D eigenvalue weighted by Gasteiger charge is -2.17. The van der Waals surface area contributed by atoms with E-state index in [1.165, 1.54) is 4.70 Å². The molecule has 2 N–H and O–H groups in total. The van der Waals surface area contributed by atoms with E-state index in [1.807, 2.05) is 63.2 Å². The molecule has 0 saturated heterocycles.